The first-order valence-electron chi connectivity index (χ1n) is 5.85. The van der Waals surface area contributed by atoms with Crippen LogP contribution in [0.2, 0.25) is 5.02 Å². The summed E-state index contributed by atoms with van der Waals surface area (Å²) in [6.45, 7) is 3.52. The SMILES string of the molecule is Cc1c(Cl)cccc1C(=O)N1CCOC(CCl)C1. The number of alkyl halides is 1. The highest BCUT2D eigenvalue weighted by Crippen LogP contribution is 2.21. The van der Waals surface area contributed by atoms with Gasteiger partial charge in [-0.1, -0.05) is 17.7 Å². The van der Waals surface area contributed by atoms with Crippen LogP contribution < -0.4 is 0 Å². The summed E-state index contributed by atoms with van der Waals surface area (Å²) < 4.78 is 5.45. The van der Waals surface area contributed by atoms with E-state index in [-0.39, 0.29) is 12.0 Å². The standard InChI is InChI=1S/C13H15Cl2NO2/c1-9-11(3-2-4-12(9)15)13(17)16-5-6-18-10(7-14)8-16/h2-4,10H,5-8H2,1H3. The van der Waals surface area contributed by atoms with E-state index >= 15 is 0 Å². The molecule has 0 bridgehead atoms. The molecule has 1 heterocycles. The Morgan fingerprint density at radius 1 is 1.56 bits per heavy atom. The number of halogens is 2. The van der Waals surface area contributed by atoms with Gasteiger partial charge in [-0.25, -0.2) is 0 Å². The molecule has 0 N–H and O–H groups in total. The Balaban J connectivity index is 2.18. The first kappa shape index (κ1) is 13.7. The second-order valence-corrected chi connectivity index (χ2v) is 5.03. The minimum Gasteiger partial charge on any atom is -0.373 e. The van der Waals surface area contributed by atoms with E-state index in [4.69, 9.17) is 27.9 Å². The smallest absolute Gasteiger partial charge is 0.254 e. The topological polar surface area (TPSA) is 29.5 Å². The number of hydrogen-bond acceptors (Lipinski definition) is 2. The van der Waals surface area contributed by atoms with Gasteiger partial charge in [-0.15, -0.1) is 11.6 Å². The van der Waals surface area contributed by atoms with E-state index in [1.54, 1.807) is 23.1 Å². The van der Waals surface area contributed by atoms with Crippen molar-refractivity contribution in [1.82, 2.24) is 4.90 Å². The first-order chi connectivity index (χ1) is 8.63. The van der Waals surface area contributed by atoms with Gasteiger partial charge in [0, 0.05) is 23.7 Å². The van der Waals surface area contributed by atoms with Gasteiger partial charge in [-0.3, -0.25) is 4.79 Å². The average molecular weight is 288 g/mol. The summed E-state index contributed by atoms with van der Waals surface area (Å²) in [5.41, 5.74) is 1.47. The lowest BCUT2D eigenvalue weighted by molar-refractivity contribution is -0.0108. The van der Waals surface area contributed by atoms with Crippen LogP contribution in [0.15, 0.2) is 18.2 Å². The molecule has 0 aliphatic carbocycles. The molecule has 98 valence electrons. The highest BCUT2D eigenvalue weighted by Gasteiger charge is 2.25. The predicted octanol–water partition coefficient (Wildman–Crippen LogP) is 2.73. The van der Waals surface area contributed by atoms with Gasteiger partial charge in [0.15, 0.2) is 0 Å². The van der Waals surface area contributed by atoms with Gasteiger partial charge in [0.2, 0.25) is 0 Å². The van der Waals surface area contributed by atoms with Crippen molar-refractivity contribution in [3.8, 4) is 0 Å². The zero-order valence-electron chi connectivity index (χ0n) is 10.2. The van der Waals surface area contributed by atoms with Crippen molar-refractivity contribution < 1.29 is 9.53 Å². The fraction of sp³-hybridized carbons (Fsp3) is 0.462. The van der Waals surface area contributed by atoms with E-state index in [0.29, 0.717) is 36.2 Å². The van der Waals surface area contributed by atoms with Crippen molar-refractivity contribution in [1.29, 1.82) is 0 Å². The number of carbonyl (C=O) groups excluding carboxylic acids is 1. The van der Waals surface area contributed by atoms with E-state index in [9.17, 15) is 4.79 Å². The zero-order chi connectivity index (χ0) is 13.1. The number of morpholine rings is 1. The van der Waals surface area contributed by atoms with Gasteiger partial charge in [-0.2, -0.15) is 0 Å². The van der Waals surface area contributed by atoms with Crippen LogP contribution in [0.5, 0.6) is 0 Å². The highest BCUT2D eigenvalue weighted by atomic mass is 35.5. The summed E-state index contributed by atoms with van der Waals surface area (Å²) in [6.07, 6.45) is -0.0798. The van der Waals surface area contributed by atoms with Crippen LogP contribution in [0.25, 0.3) is 0 Å². The Morgan fingerprint density at radius 3 is 3.06 bits per heavy atom. The quantitative estimate of drug-likeness (QED) is 0.783. The van der Waals surface area contributed by atoms with Crippen molar-refractivity contribution in [3.63, 3.8) is 0 Å². The maximum absolute atomic E-state index is 12.4. The van der Waals surface area contributed by atoms with Crippen molar-refractivity contribution in [2.45, 2.75) is 13.0 Å². The molecule has 0 aromatic heterocycles. The lowest BCUT2D eigenvalue weighted by Crippen LogP contribution is -2.46. The van der Waals surface area contributed by atoms with Gasteiger partial charge in [-0.05, 0) is 24.6 Å². The lowest BCUT2D eigenvalue weighted by atomic mass is 10.1. The molecule has 1 aliphatic rings. The van der Waals surface area contributed by atoms with Crippen LogP contribution in [-0.4, -0.2) is 42.5 Å². The van der Waals surface area contributed by atoms with Gasteiger partial charge in [0.25, 0.3) is 5.91 Å². The maximum atomic E-state index is 12.4. The summed E-state index contributed by atoms with van der Waals surface area (Å²) in [4.78, 5) is 14.2. The third-order valence-corrected chi connectivity index (χ3v) is 3.85. The molecule has 18 heavy (non-hydrogen) atoms. The Kier molecular flexibility index (Phi) is 4.49. The minimum absolute atomic E-state index is 0.00610. The van der Waals surface area contributed by atoms with Crippen LogP contribution in [-0.2, 0) is 4.74 Å². The second kappa shape index (κ2) is 5.91. The maximum Gasteiger partial charge on any atom is 0.254 e. The fourth-order valence-corrected chi connectivity index (χ4v) is 2.37. The first-order valence-corrected chi connectivity index (χ1v) is 6.76. The number of benzene rings is 1. The number of amides is 1. The fourth-order valence-electron chi connectivity index (χ4n) is 2.01. The van der Waals surface area contributed by atoms with Gasteiger partial charge < -0.3 is 9.64 Å². The van der Waals surface area contributed by atoms with Crippen LogP contribution in [0.4, 0.5) is 0 Å². The number of ether oxygens (including phenoxy) is 1. The molecule has 1 aromatic carbocycles. The molecular formula is C13H15Cl2NO2. The van der Waals surface area contributed by atoms with E-state index < -0.39 is 0 Å². The van der Waals surface area contributed by atoms with Crippen LogP contribution >= 0.6 is 23.2 Å². The number of rotatable bonds is 2. The van der Waals surface area contributed by atoms with Crippen LogP contribution in [0.1, 0.15) is 15.9 Å². The lowest BCUT2D eigenvalue weighted by Gasteiger charge is -2.32. The monoisotopic (exact) mass is 287 g/mol. The Bertz CT molecular complexity index is 451. The molecule has 5 heteroatoms. The number of hydrogen-bond donors (Lipinski definition) is 0. The average Bonchev–Trinajstić information content (AvgIpc) is 2.41. The third-order valence-electron chi connectivity index (χ3n) is 3.10. The van der Waals surface area contributed by atoms with E-state index in [2.05, 4.69) is 0 Å². The highest BCUT2D eigenvalue weighted by molar-refractivity contribution is 6.31. The van der Waals surface area contributed by atoms with Crippen molar-refractivity contribution in [3.05, 3.63) is 34.3 Å². The molecule has 1 fully saturated rings. The number of nitrogens with zero attached hydrogens (tertiary/aromatic N) is 1. The molecule has 0 saturated carbocycles. The van der Waals surface area contributed by atoms with E-state index in [1.165, 1.54) is 0 Å². The van der Waals surface area contributed by atoms with Gasteiger partial charge in [0.1, 0.15) is 0 Å². The molecular weight excluding hydrogens is 273 g/mol. The molecule has 1 aliphatic heterocycles. The van der Waals surface area contributed by atoms with Crippen molar-refractivity contribution >= 4 is 29.1 Å². The molecule has 1 unspecified atom stereocenters. The van der Waals surface area contributed by atoms with Crippen LogP contribution in [0, 0.1) is 6.92 Å². The van der Waals surface area contributed by atoms with Gasteiger partial charge >= 0.3 is 0 Å². The minimum atomic E-state index is -0.0798. The van der Waals surface area contributed by atoms with Crippen molar-refractivity contribution in [2.24, 2.45) is 0 Å². The van der Waals surface area contributed by atoms with Crippen molar-refractivity contribution in [2.75, 3.05) is 25.6 Å². The molecule has 2 rings (SSSR count). The summed E-state index contributed by atoms with van der Waals surface area (Å²) in [6, 6.07) is 5.38. The molecule has 1 saturated heterocycles. The molecule has 3 nitrogen and oxygen atoms in total. The third kappa shape index (κ3) is 2.79. The summed E-state index contributed by atoms with van der Waals surface area (Å²) in [5, 5.41) is 0.614. The molecule has 1 atom stereocenters. The Labute approximate surface area is 117 Å². The molecule has 1 amide bonds. The zero-order valence-corrected chi connectivity index (χ0v) is 11.7. The van der Waals surface area contributed by atoms with E-state index in [0.717, 1.165) is 5.56 Å². The largest absolute Gasteiger partial charge is 0.373 e. The summed E-state index contributed by atoms with van der Waals surface area (Å²) in [7, 11) is 0. The predicted molar refractivity (Wildman–Crippen MR) is 72.6 cm³/mol. The Hall–Kier alpha value is -0.770. The van der Waals surface area contributed by atoms with Crippen LogP contribution in [0.3, 0.4) is 0 Å². The van der Waals surface area contributed by atoms with E-state index in [1.807, 2.05) is 6.92 Å². The second-order valence-electron chi connectivity index (χ2n) is 4.31. The normalized spacial score (nSPS) is 19.9. The molecule has 0 spiro atoms. The van der Waals surface area contributed by atoms with Gasteiger partial charge in [0.05, 0.1) is 18.6 Å². The summed E-state index contributed by atoms with van der Waals surface area (Å²) >= 11 is 11.8. The molecule has 1 aromatic rings. The molecule has 0 radical (unpaired) electrons. The Morgan fingerprint density at radius 2 is 2.33 bits per heavy atom. The number of carbonyl (C=O) groups is 1. The summed E-state index contributed by atoms with van der Waals surface area (Å²) in [5.74, 6) is 0.395.